The third-order valence-electron chi connectivity index (χ3n) is 9.48. The topological polar surface area (TPSA) is 30.9 Å². The van der Waals surface area contributed by atoms with Gasteiger partial charge in [-0.1, -0.05) is 165 Å². The lowest BCUT2D eigenvalue weighted by atomic mass is 10.1. The number of ether oxygens (including phenoxy) is 3. The fourth-order valence-electron chi connectivity index (χ4n) is 6.06. The van der Waals surface area contributed by atoms with Crippen molar-refractivity contribution in [3.05, 3.63) is 48.6 Å². The first-order valence-electron chi connectivity index (χ1n) is 22.2. The molecule has 0 amide bonds. The van der Waals surface area contributed by atoms with E-state index in [1.165, 1.54) is 154 Å². The zero-order valence-electron chi connectivity index (χ0n) is 34.9. The third kappa shape index (κ3) is 44.9. The SMILES string of the molecule is CCCCC/C=C\C/C=C\CCCCCCCCCCOCC(COCCN(C)C)OCCCCCCCCCC/C=C\C/C=C\CCCCC. The summed E-state index contributed by atoms with van der Waals surface area (Å²) in [5.74, 6) is 0. The molecule has 51 heavy (non-hydrogen) atoms. The van der Waals surface area contributed by atoms with Gasteiger partial charge in [-0.15, -0.1) is 0 Å². The van der Waals surface area contributed by atoms with Gasteiger partial charge in [0.2, 0.25) is 0 Å². The van der Waals surface area contributed by atoms with E-state index in [9.17, 15) is 0 Å². The largest absolute Gasteiger partial charge is 0.379 e. The Morgan fingerprint density at radius 2 is 0.745 bits per heavy atom. The molecule has 4 nitrogen and oxygen atoms in total. The van der Waals surface area contributed by atoms with Crippen molar-refractivity contribution in [2.75, 3.05) is 53.7 Å². The summed E-state index contributed by atoms with van der Waals surface area (Å²) in [5, 5.41) is 0. The third-order valence-corrected chi connectivity index (χ3v) is 9.48. The van der Waals surface area contributed by atoms with E-state index >= 15 is 0 Å². The Bertz CT molecular complexity index is 759. The van der Waals surface area contributed by atoms with E-state index in [2.05, 4.69) is 81.5 Å². The van der Waals surface area contributed by atoms with Gasteiger partial charge in [-0.25, -0.2) is 0 Å². The predicted octanol–water partition coefficient (Wildman–Crippen LogP) is 14.2. The molecule has 1 unspecified atom stereocenters. The highest BCUT2D eigenvalue weighted by molar-refractivity contribution is 4.93. The molecule has 0 spiro atoms. The summed E-state index contributed by atoms with van der Waals surface area (Å²) >= 11 is 0. The van der Waals surface area contributed by atoms with Gasteiger partial charge in [-0.05, 0) is 91.1 Å². The van der Waals surface area contributed by atoms with Crippen LogP contribution in [0.25, 0.3) is 0 Å². The van der Waals surface area contributed by atoms with E-state index in [-0.39, 0.29) is 6.10 Å². The molecule has 0 radical (unpaired) electrons. The first-order chi connectivity index (χ1) is 25.2. The molecule has 0 rings (SSSR count). The molecule has 0 saturated heterocycles. The van der Waals surface area contributed by atoms with E-state index in [4.69, 9.17) is 14.2 Å². The zero-order valence-corrected chi connectivity index (χ0v) is 34.9. The smallest absolute Gasteiger partial charge is 0.104 e. The van der Waals surface area contributed by atoms with Gasteiger partial charge in [-0.2, -0.15) is 0 Å². The van der Waals surface area contributed by atoms with Gasteiger partial charge in [-0.3, -0.25) is 0 Å². The van der Waals surface area contributed by atoms with E-state index in [1.54, 1.807) is 0 Å². The maximum absolute atomic E-state index is 6.24. The van der Waals surface area contributed by atoms with E-state index < -0.39 is 0 Å². The van der Waals surface area contributed by atoms with Crippen LogP contribution in [0, 0.1) is 0 Å². The van der Waals surface area contributed by atoms with Crippen molar-refractivity contribution in [1.29, 1.82) is 0 Å². The van der Waals surface area contributed by atoms with Gasteiger partial charge in [0.05, 0.1) is 19.8 Å². The van der Waals surface area contributed by atoms with Crippen LogP contribution in [0.5, 0.6) is 0 Å². The standard InChI is InChI=1S/C47H89NO3/c1-5-7-9-11-13-15-17-19-21-23-25-27-29-31-33-35-37-39-42-49-45-47(46-50-44-41-48(3)4)51-43-40-38-36-34-32-30-28-26-24-22-20-18-16-14-12-10-8-6-2/h13-16,19-22,47H,5-12,17-18,23-46H2,1-4H3/b15-13-,16-14-,21-19-,22-20-. The Morgan fingerprint density at radius 1 is 0.392 bits per heavy atom. The number of nitrogens with zero attached hydrogens (tertiary/aromatic N) is 1. The van der Waals surface area contributed by atoms with Crippen molar-refractivity contribution in [1.82, 2.24) is 4.90 Å². The molecule has 0 aromatic carbocycles. The molecular weight excluding hydrogens is 627 g/mol. The summed E-state index contributed by atoms with van der Waals surface area (Å²) in [6.45, 7) is 9.15. The Kier molecular flexibility index (Phi) is 43.9. The minimum atomic E-state index is 0.0462. The van der Waals surface area contributed by atoms with Crippen LogP contribution in [0.3, 0.4) is 0 Å². The summed E-state index contributed by atoms with van der Waals surface area (Å²) in [7, 11) is 4.17. The van der Waals surface area contributed by atoms with Crippen molar-refractivity contribution >= 4 is 0 Å². The quantitative estimate of drug-likeness (QED) is 0.0465. The minimum absolute atomic E-state index is 0.0462. The molecular formula is C47H89NO3. The highest BCUT2D eigenvalue weighted by Gasteiger charge is 2.10. The molecule has 0 fully saturated rings. The van der Waals surface area contributed by atoms with Crippen LogP contribution in [0.4, 0.5) is 0 Å². The molecule has 0 aliphatic rings. The molecule has 0 aliphatic heterocycles. The fraction of sp³-hybridized carbons (Fsp3) is 0.830. The monoisotopic (exact) mass is 716 g/mol. The molecule has 0 saturated carbocycles. The van der Waals surface area contributed by atoms with Crippen LogP contribution in [0.1, 0.15) is 194 Å². The summed E-state index contributed by atoms with van der Waals surface area (Å²) in [6.07, 6.45) is 55.1. The summed E-state index contributed by atoms with van der Waals surface area (Å²) in [5.41, 5.74) is 0. The van der Waals surface area contributed by atoms with Crippen molar-refractivity contribution in [2.24, 2.45) is 0 Å². The zero-order chi connectivity index (χ0) is 37.0. The molecule has 300 valence electrons. The first kappa shape index (κ1) is 49.8. The Morgan fingerprint density at radius 3 is 1.16 bits per heavy atom. The van der Waals surface area contributed by atoms with Crippen molar-refractivity contribution in [3.63, 3.8) is 0 Å². The van der Waals surface area contributed by atoms with Gasteiger partial charge < -0.3 is 19.1 Å². The van der Waals surface area contributed by atoms with Crippen LogP contribution >= 0.6 is 0 Å². The van der Waals surface area contributed by atoms with Gasteiger partial charge in [0.1, 0.15) is 6.10 Å². The molecule has 0 heterocycles. The van der Waals surface area contributed by atoms with E-state index in [1.807, 2.05) is 0 Å². The molecule has 0 N–H and O–H groups in total. The second kappa shape index (κ2) is 45.0. The lowest BCUT2D eigenvalue weighted by Crippen LogP contribution is -2.28. The average molecular weight is 716 g/mol. The predicted molar refractivity (Wildman–Crippen MR) is 227 cm³/mol. The number of allylic oxidation sites excluding steroid dienone is 8. The van der Waals surface area contributed by atoms with Crippen LogP contribution in [-0.4, -0.2) is 64.7 Å². The van der Waals surface area contributed by atoms with Crippen LogP contribution in [0.2, 0.25) is 0 Å². The molecule has 0 aromatic heterocycles. The first-order valence-corrected chi connectivity index (χ1v) is 22.2. The molecule has 4 heteroatoms. The number of unbranched alkanes of at least 4 members (excludes halogenated alkanes) is 22. The van der Waals surface area contributed by atoms with Crippen LogP contribution in [-0.2, 0) is 14.2 Å². The van der Waals surface area contributed by atoms with Crippen molar-refractivity contribution in [2.45, 2.75) is 200 Å². The van der Waals surface area contributed by atoms with Crippen LogP contribution < -0.4 is 0 Å². The Balaban J connectivity index is 3.74. The number of hydrogen-bond donors (Lipinski definition) is 0. The number of rotatable bonds is 42. The highest BCUT2D eigenvalue weighted by atomic mass is 16.6. The van der Waals surface area contributed by atoms with Gasteiger partial charge in [0, 0.05) is 19.8 Å². The fourth-order valence-corrected chi connectivity index (χ4v) is 6.06. The lowest BCUT2D eigenvalue weighted by Gasteiger charge is -2.19. The summed E-state index contributed by atoms with van der Waals surface area (Å²) in [4.78, 5) is 2.16. The second-order valence-corrected chi connectivity index (χ2v) is 15.0. The average Bonchev–Trinajstić information content (AvgIpc) is 3.13. The summed E-state index contributed by atoms with van der Waals surface area (Å²) in [6, 6.07) is 0. The number of hydrogen-bond acceptors (Lipinski definition) is 4. The van der Waals surface area contributed by atoms with E-state index in [0.29, 0.717) is 13.2 Å². The van der Waals surface area contributed by atoms with E-state index in [0.717, 1.165) is 52.0 Å². The second-order valence-electron chi connectivity index (χ2n) is 15.0. The molecule has 0 aromatic rings. The summed E-state index contributed by atoms with van der Waals surface area (Å²) < 4.78 is 18.2. The molecule has 1 atom stereocenters. The maximum atomic E-state index is 6.24. The van der Waals surface area contributed by atoms with Crippen LogP contribution in [0.15, 0.2) is 48.6 Å². The van der Waals surface area contributed by atoms with Gasteiger partial charge >= 0.3 is 0 Å². The highest BCUT2D eigenvalue weighted by Crippen LogP contribution is 2.12. The lowest BCUT2D eigenvalue weighted by molar-refractivity contribution is -0.0623. The van der Waals surface area contributed by atoms with Gasteiger partial charge in [0.15, 0.2) is 0 Å². The minimum Gasteiger partial charge on any atom is -0.379 e. The van der Waals surface area contributed by atoms with Crippen molar-refractivity contribution < 1.29 is 14.2 Å². The van der Waals surface area contributed by atoms with Gasteiger partial charge in [0.25, 0.3) is 0 Å². The maximum Gasteiger partial charge on any atom is 0.104 e. The number of likely N-dealkylation sites (N-methyl/N-ethyl adjacent to an activating group) is 1. The Hall–Kier alpha value is -1.20. The molecule has 0 aliphatic carbocycles. The Labute approximate surface area is 320 Å². The van der Waals surface area contributed by atoms with Crippen molar-refractivity contribution in [3.8, 4) is 0 Å². The molecule has 0 bridgehead atoms. The normalized spacial score (nSPS) is 13.0.